The molecular formula is C20H21ClN6O. The first-order valence-electron chi connectivity index (χ1n) is 9.21. The molecule has 1 saturated carbocycles. The molecule has 3 aromatic rings. The van der Waals surface area contributed by atoms with Gasteiger partial charge in [0.25, 0.3) is 0 Å². The number of nitrogens with zero attached hydrogens (tertiary/aromatic N) is 5. The standard InChI is InChI=1S/C20H20N6O.ClH/c1-2-27-14-5-15(20-13(6-21)8-24-26(20)9-14)12-3-4-18(23-7-12)25-10-16-17(11-25)19(16)22;/h3-5,7-9,16-17,19H,2,10-11,22H2,1H3;1H/t16-,17+,19?;. The van der Waals surface area contributed by atoms with Crippen molar-refractivity contribution in [1.82, 2.24) is 14.6 Å². The van der Waals surface area contributed by atoms with Crippen molar-refractivity contribution in [2.45, 2.75) is 13.0 Å². The fourth-order valence-electron chi connectivity index (χ4n) is 4.14. The van der Waals surface area contributed by atoms with Crippen LogP contribution in [0.2, 0.25) is 0 Å². The highest BCUT2D eigenvalue weighted by atomic mass is 35.5. The SMILES string of the molecule is CCOc1cc(-c2ccc(N3C[C@@H]4C(N)[C@@H]4C3)nc2)c2c(C#N)cnn2c1.Cl. The van der Waals surface area contributed by atoms with Crippen LogP contribution in [0.4, 0.5) is 5.82 Å². The highest BCUT2D eigenvalue weighted by Crippen LogP contribution is 2.45. The van der Waals surface area contributed by atoms with Crippen LogP contribution >= 0.6 is 12.4 Å². The molecule has 3 aromatic heterocycles. The zero-order valence-corrected chi connectivity index (χ0v) is 16.3. The molecule has 0 spiro atoms. The van der Waals surface area contributed by atoms with Gasteiger partial charge in [0.05, 0.1) is 30.1 Å². The number of fused-ring (bicyclic) bond motifs is 2. The van der Waals surface area contributed by atoms with Crippen LogP contribution in [-0.2, 0) is 0 Å². The molecule has 4 heterocycles. The number of rotatable bonds is 4. The van der Waals surface area contributed by atoms with E-state index in [0.29, 0.717) is 35.8 Å². The first-order valence-corrected chi connectivity index (χ1v) is 9.21. The smallest absolute Gasteiger partial charge is 0.138 e. The van der Waals surface area contributed by atoms with Gasteiger partial charge in [0.2, 0.25) is 0 Å². The average molecular weight is 397 g/mol. The molecule has 1 saturated heterocycles. The fourth-order valence-corrected chi connectivity index (χ4v) is 4.14. The zero-order valence-electron chi connectivity index (χ0n) is 15.4. The van der Waals surface area contributed by atoms with E-state index in [2.05, 4.69) is 21.1 Å². The number of pyridine rings is 2. The van der Waals surface area contributed by atoms with Gasteiger partial charge in [0.15, 0.2) is 0 Å². The van der Waals surface area contributed by atoms with Crippen LogP contribution in [0, 0.1) is 23.2 Å². The van der Waals surface area contributed by atoms with Crippen molar-refractivity contribution < 1.29 is 4.74 Å². The predicted octanol–water partition coefficient (Wildman–Crippen LogP) is 2.48. The Morgan fingerprint density at radius 2 is 2.07 bits per heavy atom. The van der Waals surface area contributed by atoms with Gasteiger partial charge in [-0.2, -0.15) is 10.4 Å². The third kappa shape index (κ3) is 2.86. The van der Waals surface area contributed by atoms with Crippen molar-refractivity contribution in [3.8, 4) is 22.9 Å². The Bertz CT molecular complexity index is 1040. The van der Waals surface area contributed by atoms with Crippen LogP contribution in [0.15, 0.2) is 36.8 Å². The third-order valence-electron chi connectivity index (χ3n) is 5.66. The summed E-state index contributed by atoms with van der Waals surface area (Å²) in [5, 5.41) is 13.7. The topological polar surface area (TPSA) is 92.5 Å². The molecule has 0 bridgehead atoms. The number of aromatic nitrogens is 3. The molecule has 144 valence electrons. The summed E-state index contributed by atoms with van der Waals surface area (Å²) < 4.78 is 7.36. The van der Waals surface area contributed by atoms with E-state index in [0.717, 1.165) is 35.6 Å². The summed E-state index contributed by atoms with van der Waals surface area (Å²) in [6.45, 7) is 4.48. The maximum absolute atomic E-state index is 9.44. The van der Waals surface area contributed by atoms with Crippen LogP contribution < -0.4 is 15.4 Å². The van der Waals surface area contributed by atoms with Crippen molar-refractivity contribution in [2.75, 3.05) is 24.6 Å². The number of piperidine rings is 1. The molecule has 5 rings (SSSR count). The Hall–Kier alpha value is -2.82. The van der Waals surface area contributed by atoms with Crippen LogP contribution in [0.1, 0.15) is 12.5 Å². The van der Waals surface area contributed by atoms with Gasteiger partial charge in [-0.05, 0) is 37.0 Å². The van der Waals surface area contributed by atoms with E-state index in [4.69, 9.17) is 10.5 Å². The van der Waals surface area contributed by atoms with Gasteiger partial charge in [-0.3, -0.25) is 0 Å². The lowest BCUT2D eigenvalue weighted by Gasteiger charge is -2.20. The van der Waals surface area contributed by atoms with Gasteiger partial charge in [0.1, 0.15) is 17.6 Å². The molecule has 0 radical (unpaired) electrons. The Morgan fingerprint density at radius 1 is 1.29 bits per heavy atom. The summed E-state index contributed by atoms with van der Waals surface area (Å²) in [6.07, 6.45) is 5.24. The van der Waals surface area contributed by atoms with Gasteiger partial charge in [-0.15, -0.1) is 12.4 Å². The summed E-state index contributed by atoms with van der Waals surface area (Å²) in [4.78, 5) is 6.97. The molecule has 1 aliphatic carbocycles. The Morgan fingerprint density at radius 3 is 2.71 bits per heavy atom. The Kier molecular flexibility index (Phi) is 4.61. The minimum absolute atomic E-state index is 0. The average Bonchev–Trinajstić information content (AvgIpc) is 3.09. The maximum Gasteiger partial charge on any atom is 0.138 e. The van der Waals surface area contributed by atoms with Crippen LogP contribution in [0.25, 0.3) is 16.6 Å². The molecule has 3 atom stereocenters. The second kappa shape index (κ2) is 6.97. The van der Waals surface area contributed by atoms with E-state index in [1.165, 1.54) is 0 Å². The third-order valence-corrected chi connectivity index (χ3v) is 5.66. The van der Waals surface area contributed by atoms with E-state index in [1.54, 1.807) is 16.9 Å². The maximum atomic E-state index is 9.44. The molecule has 7 nitrogen and oxygen atoms in total. The minimum atomic E-state index is 0. The second-order valence-electron chi connectivity index (χ2n) is 7.20. The lowest BCUT2D eigenvalue weighted by molar-refractivity contribution is 0.338. The van der Waals surface area contributed by atoms with Gasteiger partial charge in [-0.1, -0.05) is 0 Å². The summed E-state index contributed by atoms with van der Waals surface area (Å²) >= 11 is 0. The van der Waals surface area contributed by atoms with Crippen LogP contribution in [-0.4, -0.2) is 40.3 Å². The van der Waals surface area contributed by atoms with Gasteiger partial charge < -0.3 is 15.4 Å². The quantitative estimate of drug-likeness (QED) is 0.728. The number of hydrogen-bond acceptors (Lipinski definition) is 6. The highest BCUT2D eigenvalue weighted by molar-refractivity contribution is 5.85. The lowest BCUT2D eigenvalue weighted by Crippen LogP contribution is -2.28. The molecular weight excluding hydrogens is 376 g/mol. The van der Waals surface area contributed by atoms with Gasteiger partial charge in [-0.25, -0.2) is 9.50 Å². The molecule has 0 aromatic carbocycles. The van der Waals surface area contributed by atoms with Crippen LogP contribution in [0.5, 0.6) is 5.75 Å². The largest absolute Gasteiger partial charge is 0.492 e. The van der Waals surface area contributed by atoms with E-state index >= 15 is 0 Å². The van der Waals surface area contributed by atoms with Gasteiger partial charge in [0, 0.05) is 36.5 Å². The molecule has 2 aliphatic rings. The molecule has 2 fully saturated rings. The molecule has 1 unspecified atom stereocenters. The van der Waals surface area contributed by atoms with E-state index < -0.39 is 0 Å². The van der Waals surface area contributed by atoms with Crippen molar-refractivity contribution in [3.05, 3.63) is 42.4 Å². The number of halogens is 1. The number of anilines is 1. The van der Waals surface area contributed by atoms with Crippen LogP contribution in [0.3, 0.4) is 0 Å². The first kappa shape index (κ1) is 18.5. The number of hydrogen-bond donors (Lipinski definition) is 1. The summed E-state index contributed by atoms with van der Waals surface area (Å²) in [7, 11) is 0. The number of nitrogens with two attached hydrogens (primary N) is 1. The summed E-state index contributed by atoms with van der Waals surface area (Å²) in [5.74, 6) is 2.94. The van der Waals surface area contributed by atoms with E-state index in [1.807, 2.05) is 31.3 Å². The second-order valence-corrected chi connectivity index (χ2v) is 7.20. The Balaban J connectivity index is 0.00000192. The predicted molar refractivity (Wildman–Crippen MR) is 109 cm³/mol. The van der Waals surface area contributed by atoms with Gasteiger partial charge >= 0.3 is 0 Å². The zero-order chi connectivity index (χ0) is 18.5. The van der Waals surface area contributed by atoms with Crippen molar-refractivity contribution >= 4 is 23.7 Å². The molecule has 1 aliphatic heterocycles. The highest BCUT2D eigenvalue weighted by Gasteiger charge is 2.53. The monoisotopic (exact) mass is 396 g/mol. The van der Waals surface area contributed by atoms with Crippen molar-refractivity contribution in [2.24, 2.45) is 17.6 Å². The fraction of sp³-hybridized carbons (Fsp3) is 0.350. The summed E-state index contributed by atoms with van der Waals surface area (Å²) in [5.41, 5.74) is 9.15. The molecule has 2 N–H and O–H groups in total. The van der Waals surface area contributed by atoms with Crippen molar-refractivity contribution in [1.29, 1.82) is 5.26 Å². The van der Waals surface area contributed by atoms with E-state index in [-0.39, 0.29) is 12.4 Å². The Labute approximate surface area is 169 Å². The lowest BCUT2D eigenvalue weighted by atomic mass is 10.1. The van der Waals surface area contributed by atoms with E-state index in [9.17, 15) is 5.26 Å². The molecule has 28 heavy (non-hydrogen) atoms. The first-order chi connectivity index (χ1) is 13.2. The van der Waals surface area contributed by atoms with Crippen molar-refractivity contribution in [3.63, 3.8) is 0 Å². The molecule has 8 heteroatoms. The minimum Gasteiger partial charge on any atom is -0.492 e. The number of ether oxygens (including phenoxy) is 1. The normalized spacial score (nSPS) is 22.5. The summed E-state index contributed by atoms with van der Waals surface area (Å²) in [6, 6.07) is 8.63. The molecule has 0 amide bonds. The number of nitriles is 1.